The van der Waals surface area contributed by atoms with Gasteiger partial charge >= 0.3 is 0 Å². The van der Waals surface area contributed by atoms with E-state index in [1.54, 1.807) is 24.3 Å². The van der Waals surface area contributed by atoms with Crippen molar-refractivity contribution in [3.05, 3.63) is 107 Å². The molecule has 0 saturated carbocycles. The lowest BCUT2D eigenvalue weighted by Gasteiger charge is -2.05. The Hall–Kier alpha value is -3.05. The highest BCUT2D eigenvalue weighted by Crippen LogP contribution is 2.17. The number of hydrogen-bond acceptors (Lipinski definition) is 2. The number of allylic oxidation sites excluding steroid dienone is 1. The Labute approximate surface area is 165 Å². The molecule has 0 aliphatic heterocycles. The van der Waals surface area contributed by atoms with Gasteiger partial charge in [-0.05, 0) is 61.9 Å². The van der Waals surface area contributed by atoms with Crippen molar-refractivity contribution in [2.75, 3.05) is 0 Å². The monoisotopic (exact) mass is 393 g/mol. The number of sulfonamides is 1. The number of benzene rings is 3. The van der Waals surface area contributed by atoms with E-state index in [2.05, 4.69) is 4.40 Å². The second-order valence-electron chi connectivity index (χ2n) is 6.52. The Balaban J connectivity index is 2.04. The van der Waals surface area contributed by atoms with E-state index >= 15 is 0 Å². The molecule has 0 spiro atoms. The number of nitrogens with zero attached hydrogens (tertiary/aromatic N) is 1. The Morgan fingerprint density at radius 1 is 0.821 bits per heavy atom. The van der Waals surface area contributed by atoms with E-state index in [4.69, 9.17) is 0 Å². The van der Waals surface area contributed by atoms with Gasteiger partial charge in [0, 0.05) is 5.56 Å². The molecule has 0 aromatic heterocycles. The van der Waals surface area contributed by atoms with Crippen LogP contribution in [0.4, 0.5) is 4.39 Å². The zero-order valence-corrected chi connectivity index (χ0v) is 16.4. The largest absolute Gasteiger partial charge is 0.282 e. The van der Waals surface area contributed by atoms with Crippen LogP contribution in [0, 0.1) is 19.7 Å². The summed E-state index contributed by atoms with van der Waals surface area (Å²) in [6, 6.07) is 19.9. The van der Waals surface area contributed by atoms with Crippen molar-refractivity contribution in [1.82, 2.24) is 0 Å². The van der Waals surface area contributed by atoms with E-state index in [1.165, 1.54) is 36.4 Å². The van der Waals surface area contributed by atoms with Gasteiger partial charge in [0.25, 0.3) is 10.0 Å². The number of hydrogen-bond donors (Lipinski definition) is 0. The lowest BCUT2D eigenvalue weighted by atomic mass is 10.1. The van der Waals surface area contributed by atoms with Gasteiger partial charge in [-0.1, -0.05) is 53.6 Å². The van der Waals surface area contributed by atoms with E-state index in [9.17, 15) is 12.8 Å². The highest BCUT2D eigenvalue weighted by Gasteiger charge is 2.14. The van der Waals surface area contributed by atoms with Crippen molar-refractivity contribution in [1.29, 1.82) is 0 Å². The summed E-state index contributed by atoms with van der Waals surface area (Å²) < 4.78 is 42.8. The van der Waals surface area contributed by atoms with Crippen molar-refractivity contribution in [2.45, 2.75) is 18.7 Å². The first-order valence-corrected chi connectivity index (χ1v) is 10.2. The first kappa shape index (κ1) is 19.7. The van der Waals surface area contributed by atoms with Gasteiger partial charge in [0.05, 0.1) is 10.6 Å². The summed E-state index contributed by atoms with van der Waals surface area (Å²) in [4.78, 5) is 0.112. The van der Waals surface area contributed by atoms with Crippen LogP contribution in [0.2, 0.25) is 0 Å². The summed E-state index contributed by atoms with van der Waals surface area (Å²) in [6.45, 7) is 3.88. The van der Waals surface area contributed by atoms with Crippen molar-refractivity contribution in [3.8, 4) is 0 Å². The summed E-state index contributed by atoms with van der Waals surface area (Å²) in [5.41, 5.74) is 3.75. The summed E-state index contributed by atoms with van der Waals surface area (Å²) in [6.07, 6.45) is 3.41. The maximum absolute atomic E-state index is 13.3. The molecule has 3 nitrogen and oxygen atoms in total. The van der Waals surface area contributed by atoms with Crippen molar-refractivity contribution in [3.63, 3.8) is 0 Å². The first-order chi connectivity index (χ1) is 13.3. The maximum atomic E-state index is 13.3. The van der Waals surface area contributed by atoms with Crippen molar-refractivity contribution >= 4 is 21.8 Å². The molecule has 0 atom stereocenters. The molecule has 0 radical (unpaired) electrons. The minimum Gasteiger partial charge on any atom is -0.207 e. The zero-order chi connectivity index (χ0) is 20.1. The molecule has 28 heavy (non-hydrogen) atoms. The molecule has 5 heteroatoms. The zero-order valence-electron chi connectivity index (χ0n) is 15.6. The van der Waals surface area contributed by atoms with Gasteiger partial charge in [0.15, 0.2) is 0 Å². The molecular formula is C23H20FNO2S. The van der Waals surface area contributed by atoms with Crippen LogP contribution in [0.5, 0.6) is 0 Å². The average molecular weight is 393 g/mol. The summed E-state index contributed by atoms with van der Waals surface area (Å²) in [7, 11) is -3.90. The second-order valence-corrected chi connectivity index (χ2v) is 8.12. The molecule has 0 aliphatic carbocycles. The fraction of sp³-hybridized carbons (Fsp3) is 0.0870. The van der Waals surface area contributed by atoms with E-state index in [-0.39, 0.29) is 10.6 Å². The average Bonchev–Trinajstić information content (AvgIpc) is 2.67. The van der Waals surface area contributed by atoms with Crippen LogP contribution >= 0.6 is 0 Å². The molecule has 142 valence electrons. The molecule has 0 heterocycles. The lowest BCUT2D eigenvalue weighted by Crippen LogP contribution is -2.04. The van der Waals surface area contributed by atoms with E-state index in [0.29, 0.717) is 5.56 Å². The van der Waals surface area contributed by atoms with Gasteiger partial charge in [-0.15, -0.1) is 0 Å². The second kappa shape index (κ2) is 8.31. The van der Waals surface area contributed by atoms with Crippen LogP contribution in [0.3, 0.4) is 0 Å². The molecule has 3 aromatic rings. The number of halogens is 1. The Bertz CT molecular complexity index is 1110. The third kappa shape index (κ3) is 5.02. The lowest BCUT2D eigenvalue weighted by molar-refractivity contribution is 0.598. The molecule has 0 fully saturated rings. The van der Waals surface area contributed by atoms with Gasteiger partial charge in [0.2, 0.25) is 0 Å². The minimum atomic E-state index is -3.90. The van der Waals surface area contributed by atoms with E-state index in [0.717, 1.165) is 16.7 Å². The molecule has 0 aliphatic rings. The molecule has 3 rings (SSSR count). The molecular weight excluding hydrogens is 373 g/mol. The van der Waals surface area contributed by atoms with Gasteiger partial charge in [0.1, 0.15) is 5.82 Å². The van der Waals surface area contributed by atoms with E-state index in [1.807, 2.05) is 38.1 Å². The Kier molecular flexibility index (Phi) is 5.85. The smallest absolute Gasteiger partial charge is 0.207 e. The van der Waals surface area contributed by atoms with Gasteiger partial charge in [-0.2, -0.15) is 12.8 Å². The van der Waals surface area contributed by atoms with Gasteiger partial charge in [-0.3, -0.25) is 0 Å². The SMILES string of the molecule is Cc1ccc(/C=C/C(=NS(=O)(=O)c2ccc(C)cc2)c2ccc(F)cc2)cc1. The molecule has 0 saturated heterocycles. The minimum absolute atomic E-state index is 0.112. The highest BCUT2D eigenvalue weighted by atomic mass is 32.2. The fourth-order valence-corrected chi connectivity index (χ4v) is 3.56. The fourth-order valence-electron chi connectivity index (χ4n) is 2.55. The number of rotatable bonds is 5. The third-order valence-electron chi connectivity index (χ3n) is 4.19. The van der Waals surface area contributed by atoms with Crippen LogP contribution in [0.1, 0.15) is 22.3 Å². The Morgan fingerprint density at radius 3 is 1.93 bits per heavy atom. The topological polar surface area (TPSA) is 46.5 Å². The molecule has 0 amide bonds. The van der Waals surface area contributed by atoms with Crippen LogP contribution in [0.25, 0.3) is 6.08 Å². The molecule has 0 N–H and O–H groups in total. The number of aryl methyl sites for hydroxylation is 2. The standard InChI is InChI=1S/C23H20FNO2S/c1-17-3-7-19(8-4-17)9-16-23(20-10-12-21(24)13-11-20)25-28(26,27)22-14-5-18(2)6-15-22/h3-16H,1-2H3/b16-9+,25-23?. The predicted octanol–water partition coefficient (Wildman–Crippen LogP) is 5.33. The van der Waals surface area contributed by atoms with Crippen molar-refractivity contribution < 1.29 is 12.8 Å². The molecule has 0 unspecified atom stereocenters. The molecule has 0 bridgehead atoms. The Morgan fingerprint density at radius 2 is 1.36 bits per heavy atom. The quantitative estimate of drug-likeness (QED) is 0.550. The normalized spacial score (nSPS) is 12.5. The predicted molar refractivity (Wildman–Crippen MR) is 112 cm³/mol. The third-order valence-corrected chi connectivity index (χ3v) is 5.49. The summed E-state index contributed by atoms with van der Waals surface area (Å²) >= 11 is 0. The van der Waals surface area contributed by atoms with Crippen molar-refractivity contribution in [2.24, 2.45) is 4.40 Å². The first-order valence-electron chi connectivity index (χ1n) is 8.76. The van der Waals surface area contributed by atoms with Crippen LogP contribution in [-0.4, -0.2) is 14.1 Å². The summed E-state index contributed by atoms with van der Waals surface area (Å²) in [5, 5.41) is 0. The summed E-state index contributed by atoms with van der Waals surface area (Å²) in [5.74, 6) is -0.396. The van der Waals surface area contributed by atoms with Crippen LogP contribution in [0.15, 0.2) is 88.2 Å². The highest BCUT2D eigenvalue weighted by molar-refractivity contribution is 7.90. The van der Waals surface area contributed by atoms with Gasteiger partial charge < -0.3 is 0 Å². The van der Waals surface area contributed by atoms with Crippen LogP contribution in [-0.2, 0) is 10.0 Å². The van der Waals surface area contributed by atoms with Crippen LogP contribution < -0.4 is 0 Å². The molecule has 3 aromatic carbocycles. The van der Waals surface area contributed by atoms with E-state index < -0.39 is 15.8 Å². The maximum Gasteiger partial charge on any atom is 0.282 e. The van der Waals surface area contributed by atoms with Gasteiger partial charge in [-0.25, -0.2) is 4.39 Å².